The van der Waals surface area contributed by atoms with Crippen LogP contribution in [-0.2, 0) is 11.2 Å². The highest BCUT2D eigenvalue weighted by Crippen LogP contribution is 2.21. The van der Waals surface area contributed by atoms with E-state index in [4.69, 9.17) is 0 Å². The summed E-state index contributed by atoms with van der Waals surface area (Å²) in [5, 5.41) is 12.3. The van der Waals surface area contributed by atoms with Gasteiger partial charge in [0, 0.05) is 29.8 Å². The molecule has 3 aromatic rings. The minimum atomic E-state index is -0.205. The summed E-state index contributed by atoms with van der Waals surface area (Å²) in [6.07, 6.45) is 2.49. The molecule has 0 radical (unpaired) electrons. The molecular weight excluding hydrogens is 342 g/mol. The van der Waals surface area contributed by atoms with Crippen LogP contribution in [0.4, 0.5) is 11.4 Å². The van der Waals surface area contributed by atoms with Crippen molar-refractivity contribution in [1.29, 1.82) is 0 Å². The van der Waals surface area contributed by atoms with Gasteiger partial charge in [0.25, 0.3) is 5.91 Å². The van der Waals surface area contributed by atoms with Gasteiger partial charge in [0.2, 0.25) is 5.91 Å². The lowest BCUT2D eigenvalue weighted by Gasteiger charge is -2.11. The maximum atomic E-state index is 12.6. The highest BCUT2D eigenvalue weighted by atomic mass is 16.2. The van der Waals surface area contributed by atoms with E-state index in [0.717, 1.165) is 17.0 Å². The van der Waals surface area contributed by atoms with E-state index >= 15 is 0 Å². The van der Waals surface area contributed by atoms with Crippen molar-refractivity contribution in [2.24, 2.45) is 0 Å². The fraction of sp³-hybridized carbons (Fsp3) is 0.200. The highest BCUT2D eigenvalue weighted by Gasteiger charge is 2.10. The second kappa shape index (κ2) is 8.27. The molecule has 0 fully saturated rings. The molecule has 7 heteroatoms. The molecule has 2 amide bonds. The molecule has 3 rings (SSSR count). The summed E-state index contributed by atoms with van der Waals surface area (Å²) in [5.41, 5.74) is 3.83. The largest absolute Gasteiger partial charge is 0.326 e. The van der Waals surface area contributed by atoms with E-state index in [1.165, 1.54) is 6.33 Å². The van der Waals surface area contributed by atoms with E-state index in [1.54, 1.807) is 25.1 Å². The molecular formula is C20H21N5O2. The normalized spacial score (nSPS) is 10.4. The van der Waals surface area contributed by atoms with Crippen molar-refractivity contribution in [1.82, 2.24) is 15.2 Å². The lowest BCUT2D eigenvalue weighted by Crippen LogP contribution is -2.14. The Morgan fingerprint density at radius 1 is 1.07 bits per heavy atom. The number of rotatable bonds is 6. The Hall–Kier alpha value is -3.48. The summed E-state index contributed by atoms with van der Waals surface area (Å²) >= 11 is 0. The number of aromatic nitrogens is 3. The lowest BCUT2D eigenvalue weighted by molar-refractivity contribution is -0.115. The molecule has 7 nitrogen and oxygen atoms in total. The van der Waals surface area contributed by atoms with Crippen molar-refractivity contribution in [3.05, 3.63) is 71.3 Å². The molecule has 2 aromatic carbocycles. The zero-order valence-electron chi connectivity index (χ0n) is 15.2. The van der Waals surface area contributed by atoms with Crippen LogP contribution in [0.15, 0.2) is 48.8 Å². The van der Waals surface area contributed by atoms with Crippen molar-refractivity contribution in [3.8, 4) is 0 Å². The Balaban J connectivity index is 1.69. The van der Waals surface area contributed by atoms with Crippen LogP contribution in [0.2, 0.25) is 0 Å². The van der Waals surface area contributed by atoms with Crippen LogP contribution in [0, 0.1) is 6.92 Å². The van der Waals surface area contributed by atoms with E-state index in [9.17, 15) is 9.59 Å². The van der Waals surface area contributed by atoms with E-state index < -0.39 is 0 Å². The van der Waals surface area contributed by atoms with Crippen LogP contribution in [0.5, 0.6) is 0 Å². The standard InChI is InChI=1S/C20H21N5O2/c1-3-19(26)23-16-9-4-13(2)17(11-16)24-20(27)15-7-5-14(6-8-15)10-18-21-12-22-25-18/h4-9,11-12H,3,10H2,1-2H3,(H,23,26)(H,24,27)(H,21,22,25). The van der Waals surface area contributed by atoms with Crippen molar-refractivity contribution < 1.29 is 9.59 Å². The number of nitrogens with one attached hydrogen (secondary N) is 3. The highest BCUT2D eigenvalue weighted by molar-refractivity contribution is 6.05. The smallest absolute Gasteiger partial charge is 0.255 e. The number of carbonyl (C=O) groups excluding carboxylic acids is 2. The van der Waals surface area contributed by atoms with Gasteiger partial charge in [0.05, 0.1) is 0 Å². The summed E-state index contributed by atoms with van der Waals surface area (Å²) in [5.74, 6) is 0.496. The first-order chi connectivity index (χ1) is 13.0. The summed E-state index contributed by atoms with van der Waals surface area (Å²) in [6, 6.07) is 12.8. The third-order valence-electron chi connectivity index (χ3n) is 4.14. The van der Waals surface area contributed by atoms with E-state index in [0.29, 0.717) is 29.8 Å². The van der Waals surface area contributed by atoms with Gasteiger partial charge in [-0.3, -0.25) is 14.7 Å². The van der Waals surface area contributed by atoms with Crippen LogP contribution in [0.3, 0.4) is 0 Å². The van der Waals surface area contributed by atoms with E-state index in [2.05, 4.69) is 25.8 Å². The van der Waals surface area contributed by atoms with Crippen LogP contribution in [0.25, 0.3) is 0 Å². The van der Waals surface area contributed by atoms with Gasteiger partial charge in [-0.2, -0.15) is 5.10 Å². The van der Waals surface area contributed by atoms with E-state index in [1.807, 2.05) is 31.2 Å². The number of benzene rings is 2. The zero-order chi connectivity index (χ0) is 19.2. The maximum absolute atomic E-state index is 12.6. The van der Waals surface area contributed by atoms with Gasteiger partial charge in [-0.05, 0) is 42.3 Å². The van der Waals surface area contributed by atoms with Gasteiger partial charge in [-0.15, -0.1) is 0 Å². The van der Waals surface area contributed by atoms with Gasteiger partial charge in [0.15, 0.2) is 0 Å². The van der Waals surface area contributed by atoms with Gasteiger partial charge in [0.1, 0.15) is 12.2 Å². The van der Waals surface area contributed by atoms with Crippen LogP contribution in [-0.4, -0.2) is 27.0 Å². The van der Waals surface area contributed by atoms with Crippen molar-refractivity contribution in [2.75, 3.05) is 10.6 Å². The molecule has 0 aliphatic rings. The van der Waals surface area contributed by atoms with E-state index in [-0.39, 0.29) is 11.8 Å². The molecule has 0 spiro atoms. The molecule has 1 aromatic heterocycles. The number of aromatic amines is 1. The number of hydrogen-bond donors (Lipinski definition) is 3. The number of anilines is 2. The van der Waals surface area contributed by atoms with Gasteiger partial charge < -0.3 is 10.6 Å². The number of H-pyrrole nitrogens is 1. The maximum Gasteiger partial charge on any atom is 0.255 e. The molecule has 0 aliphatic carbocycles. The minimum absolute atomic E-state index is 0.0709. The summed E-state index contributed by atoms with van der Waals surface area (Å²) in [4.78, 5) is 28.2. The first kappa shape index (κ1) is 18.3. The van der Waals surface area contributed by atoms with Crippen molar-refractivity contribution in [3.63, 3.8) is 0 Å². The number of nitrogens with zero attached hydrogens (tertiary/aromatic N) is 2. The fourth-order valence-electron chi connectivity index (χ4n) is 2.56. The molecule has 3 N–H and O–H groups in total. The van der Waals surface area contributed by atoms with Gasteiger partial charge in [-0.25, -0.2) is 4.98 Å². The number of aryl methyl sites for hydroxylation is 1. The Kier molecular flexibility index (Phi) is 5.61. The fourth-order valence-corrected chi connectivity index (χ4v) is 2.56. The first-order valence-electron chi connectivity index (χ1n) is 8.70. The molecule has 0 bridgehead atoms. The minimum Gasteiger partial charge on any atom is -0.326 e. The molecule has 0 unspecified atom stereocenters. The third-order valence-corrected chi connectivity index (χ3v) is 4.14. The molecule has 0 atom stereocenters. The predicted molar refractivity (Wildman–Crippen MR) is 104 cm³/mol. The number of carbonyl (C=O) groups is 2. The number of hydrogen-bond acceptors (Lipinski definition) is 4. The second-order valence-corrected chi connectivity index (χ2v) is 6.19. The topological polar surface area (TPSA) is 99.8 Å². The average Bonchev–Trinajstić information content (AvgIpc) is 3.18. The third kappa shape index (κ3) is 4.78. The molecule has 0 aliphatic heterocycles. The molecule has 138 valence electrons. The van der Waals surface area contributed by atoms with Crippen LogP contribution < -0.4 is 10.6 Å². The molecule has 0 saturated carbocycles. The van der Waals surface area contributed by atoms with Crippen molar-refractivity contribution in [2.45, 2.75) is 26.7 Å². The summed E-state index contributed by atoms with van der Waals surface area (Å²) in [6.45, 7) is 3.69. The summed E-state index contributed by atoms with van der Waals surface area (Å²) < 4.78 is 0. The second-order valence-electron chi connectivity index (χ2n) is 6.19. The Morgan fingerprint density at radius 3 is 2.52 bits per heavy atom. The van der Waals surface area contributed by atoms with Crippen LogP contribution >= 0.6 is 0 Å². The SMILES string of the molecule is CCC(=O)Nc1ccc(C)c(NC(=O)c2ccc(Cc3ncn[nH]3)cc2)c1. The van der Waals surface area contributed by atoms with Crippen LogP contribution in [0.1, 0.15) is 40.7 Å². The Morgan fingerprint density at radius 2 is 1.85 bits per heavy atom. The first-order valence-corrected chi connectivity index (χ1v) is 8.70. The van der Waals surface area contributed by atoms with Gasteiger partial charge in [-0.1, -0.05) is 25.1 Å². The summed E-state index contributed by atoms with van der Waals surface area (Å²) in [7, 11) is 0. The number of amides is 2. The zero-order valence-corrected chi connectivity index (χ0v) is 15.2. The monoisotopic (exact) mass is 363 g/mol. The average molecular weight is 363 g/mol. The molecule has 1 heterocycles. The lowest BCUT2D eigenvalue weighted by atomic mass is 10.1. The predicted octanol–water partition coefficient (Wildman–Crippen LogP) is 3.30. The van der Waals surface area contributed by atoms with Gasteiger partial charge >= 0.3 is 0 Å². The Labute approximate surface area is 157 Å². The quantitative estimate of drug-likeness (QED) is 0.625. The molecule has 0 saturated heterocycles. The Bertz CT molecular complexity index is 934. The van der Waals surface area contributed by atoms with Crippen molar-refractivity contribution >= 4 is 23.2 Å². The molecule has 27 heavy (non-hydrogen) atoms.